The first-order valence-corrected chi connectivity index (χ1v) is 6.79. The summed E-state index contributed by atoms with van der Waals surface area (Å²) in [5, 5.41) is 18.6. The predicted molar refractivity (Wildman–Crippen MR) is 75.2 cm³/mol. The first-order valence-electron chi connectivity index (χ1n) is 6.79. The van der Waals surface area contributed by atoms with Gasteiger partial charge in [0.1, 0.15) is 11.8 Å². The Balaban J connectivity index is 2.03. The number of carboxylic acids is 1. The maximum atomic E-state index is 12.1. The van der Waals surface area contributed by atoms with E-state index in [2.05, 4.69) is 0 Å². The number of rotatable bonds is 4. The number of carboxylic acid groups (broad SMARTS) is 1. The molecule has 6 nitrogen and oxygen atoms in total. The maximum Gasteiger partial charge on any atom is 0.326 e. The van der Waals surface area contributed by atoms with Crippen molar-refractivity contribution in [2.24, 2.45) is 0 Å². The quantitative estimate of drug-likeness (QED) is 0.854. The van der Waals surface area contributed by atoms with Crippen LogP contribution in [-0.2, 0) is 9.59 Å². The molecule has 6 heteroatoms. The number of carbonyl (C=O) groups is 2. The fourth-order valence-corrected chi connectivity index (χ4v) is 2.57. The van der Waals surface area contributed by atoms with Gasteiger partial charge in [0.15, 0.2) is 6.61 Å². The van der Waals surface area contributed by atoms with Crippen molar-refractivity contribution in [2.45, 2.75) is 32.4 Å². The zero-order chi connectivity index (χ0) is 15.6. The summed E-state index contributed by atoms with van der Waals surface area (Å²) in [4.78, 5) is 24.4. The third-order valence-corrected chi connectivity index (χ3v) is 3.63. The molecule has 1 fully saturated rings. The minimum Gasteiger partial charge on any atom is -0.483 e. The van der Waals surface area contributed by atoms with Gasteiger partial charge in [0, 0.05) is 13.0 Å². The number of likely N-dealkylation sites (tertiary alicyclic amines) is 1. The number of hydrogen-bond donors (Lipinski definition) is 2. The highest BCUT2D eigenvalue weighted by atomic mass is 16.5. The molecule has 0 aromatic heterocycles. The highest BCUT2D eigenvalue weighted by molar-refractivity contribution is 5.85. The van der Waals surface area contributed by atoms with E-state index in [1.807, 2.05) is 32.0 Å². The molecule has 114 valence electrons. The van der Waals surface area contributed by atoms with Gasteiger partial charge in [-0.05, 0) is 25.0 Å². The highest BCUT2D eigenvalue weighted by Crippen LogP contribution is 2.23. The molecule has 0 radical (unpaired) electrons. The normalized spacial score (nSPS) is 21.4. The molecule has 1 amide bonds. The Morgan fingerprint density at radius 2 is 1.95 bits per heavy atom. The van der Waals surface area contributed by atoms with E-state index in [-0.39, 0.29) is 19.6 Å². The standard InChI is InChI=1S/C15H19NO5/c1-9-4-3-5-10(2)14(9)21-8-13(18)16-7-11(17)6-12(16)15(19)20/h3-5,11-12,17H,6-8H2,1-2H3,(H,19,20)/t11?,12-/m0/s1. The second kappa shape index (κ2) is 6.13. The summed E-state index contributed by atoms with van der Waals surface area (Å²) in [5.74, 6) is -0.897. The topological polar surface area (TPSA) is 87.1 Å². The van der Waals surface area contributed by atoms with Gasteiger partial charge in [-0.3, -0.25) is 4.79 Å². The van der Waals surface area contributed by atoms with Crippen molar-refractivity contribution in [3.63, 3.8) is 0 Å². The average molecular weight is 293 g/mol. The Morgan fingerprint density at radius 3 is 2.52 bits per heavy atom. The molecule has 1 saturated heterocycles. The number of amides is 1. The lowest BCUT2D eigenvalue weighted by atomic mass is 10.1. The summed E-state index contributed by atoms with van der Waals surface area (Å²) in [6.07, 6.45) is -0.736. The molecule has 1 heterocycles. The van der Waals surface area contributed by atoms with Crippen molar-refractivity contribution < 1.29 is 24.5 Å². The van der Waals surface area contributed by atoms with Crippen molar-refractivity contribution in [3.8, 4) is 5.75 Å². The minimum atomic E-state index is -1.10. The largest absolute Gasteiger partial charge is 0.483 e. The van der Waals surface area contributed by atoms with Gasteiger partial charge in [-0.2, -0.15) is 0 Å². The predicted octanol–water partition coefficient (Wildman–Crippen LogP) is 0.729. The molecule has 1 aromatic rings. The van der Waals surface area contributed by atoms with Gasteiger partial charge in [0.05, 0.1) is 6.10 Å². The van der Waals surface area contributed by atoms with Crippen LogP contribution in [0.2, 0.25) is 0 Å². The number of aliphatic hydroxyl groups is 1. The fourth-order valence-electron chi connectivity index (χ4n) is 2.57. The number of aryl methyl sites for hydroxylation is 2. The second-order valence-corrected chi connectivity index (χ2v) is 5.30. The molecular formula is C15H19NO5. The number of hydrogen-bond acceptors (Lipinski definition) is 4. The summed E-state index contributed by atoms with van der Waals surface area (Å²) in [7, 11) is 0. The van der Waals surface area contributed by atoms with Gasteiger partial charge in [-0.1, -0.05) is 18.2 Å². The Kier molecular flexibility index (Phi) is 4.47. The minimum absolute atomic E-state index is 0.0336. The first-order chi connectivity index (χ1) is 9.90. The Labute approximate surface area is 122 Å². The molecule has 2 atom stereocenters. The highest BCUT2D eigenvalue weighted by Gasteiger charge is 2.38. The lowest BCUT2D eigenvalue weighted by Gasteiger charge is -2.21. The molecule has 0 spiro atoms. The van der Waals surface area contributed by atoms with Crippen LogP contribution < -0.4 is 4.74 Å². The molecule has 1 aromatic carbocycles. The zero-order valence-electron chi connectivity index (χ0n) is 12.1. The third-order valence-electron chi connectivity index (χ3n) is 3.63. The van der Waals surface area contributed by atoms with E-state index >= 15 is 0 Å². The number of carbonyl (C=O) groups excluding carboxylic acids is 1. The summed E-state index contributed by atoms with van der Waals surface area (Å²) in [6.45, 7) is 3.56. The fraction of sp³-hybridized carbons (Fsp3) is 0.467. The maximum absolute atomic E-state index is 12.1. The molecule has 2 N–H and O–H groups in total. The van der Waals surface area contributed by atoms with E-state index in [9.17, 15) is 14.7 Å². The summed E-state index contributed by atoms with van der Waals surface area (Å²) < 4.78 is 5.54. The van der Waals surface area contributed by atoms with Crippen molar-refractivity contribution >= 4 is 11.9 Å². The van der Waals surface area contributed by atoms with Crippen molar-refractivity contribution in [3.05, 3.63) is 29.3 Å². The third kappa shape index (κ3) is 3.33. The summed E-state index contributed by atoms with van der Waals surface area (Å²) in [5.41, 5.74) is 1.83. The van der Waals surface area contributed by atoms with Crippen LogP contribution in [0, 0.1) is 13.8 Å². The van der Waals surface area contributed by atoms with Gasteiger partial charge in [-0.25, -0.2) is 4.79 Å². The summed E-state index contributed by atoms with van der Waals surface area (Å²) >= 11 is 0. The second-order valence-electron chi connectivity index (χ2n) is 5.30. The number of benzene rings is 1. The van der Waals surface area contributed by atoms with E-state index in [1.54, 1.807) is 0 Å². The van der Waals surface area contributed by atoms with Crippen LogP contribution in [0.25, 0.3) is 0 Å². The Bertz CT molecular complexity index is 537. The number of ether oxygens (including phenoxy) is 1. The van der Waals surface area contributed by atoms with E-state index in [1.165, 1.54) is 4.90 Å². The van der Waals surface area contributed by atoms with Gasteiger partial charge in [0.25, 0.3) is 5.91 Å². The van der Waals surface area contributed by atoms with Crippen LogP contribution in [0.1, 0.15) is 17.5 Å². The van der Waals surface area contributed by atoms with Gasteiger partial charge in [-0.15, -0.1) is 0 Å². The van der Waals surface area contributed by atoms with Crippen LogP contribution in [-0.4, -0.2) is 52.3 Å². The molecule has 1 aliphatic rings. The molecule has 0 aliphatic carbocycles. The lowest BCUT2D eigenvalue weighted by molar-refractivity contribution is -0.149. The van der Waals surface area contributed by atoms with Crippen molar-refractivity contribution in [2.75, 3.05) is 13.2 Å². The van der Waals surface area contributed by atoms with Crippen LogP contribution in [0.4, 0.5) is 0 Å². The SMILES string of the molecule is Cc1cccc(C)c1OCC(=O)N1CC(O)C[C@H]1C(=O)O. The van der Waals surface area contributed by atoms with Crippen LogP contribution in [0.5, 0.6) is 5.75 Å². The lowest BCUT2D eigenvalue weighted by Crippen LogP contribution is -2.43. The Morgan fingerprint density at radius 1 is 1.33 bits per heavy atom. The van der Waals surface area contributed by atoms with Crippen molar-refractivity contribution in [1.82, 2.24) is 4.90 Å². The van der Waals surface area contributed by atoms with E-state index in [0.717, 1.165) is 11.1 Å². The van der Waals surface area contributed by atoms with E-state index in [4.69, 9.17) is 9.84 Å². The molecule has 1 unspecified atom stereocenters. The average Bonchev–Trinajstić information content (AvgIpc) is 2.80. The van der Waals surface area contributed by atoms with E-state index < -0.39 is 24.0 Å². The number of aliphatic carboxylic acids is 1. The van der Waals surface area contributed by atoms with E-state index in [0.29, 0.717) is 5.75 Å². The molecule has 21 heavy (non-hydrogen) atoms. The molecule has 2 rings (SSSR count). The van der Waals surface area contributed by atoms with Gasteiger partial charge >= 0.3 is 5.97 Å². The number of para-hydroxylation sites is 1. The van der Waals surface area contributed by atoms with Crippen molar-refractivity contribution in [1.29, 1.82) is 0 Å². The molecule has 1 aliphatic heterocycles. The Hall–Kier alpha value is -2.08. The first kappa shape index (κ1) is 15.3. The van der Waals surface area contributed by atoms with Gasteiger partial charge < -0.3 is 19.8 Å². The summed E-state index contributed by atoms with van der Waals surface area (Å²) in [6, 6.07) is 4.68. The molecule has 0 bridgehead atoms. The molecule has 0 saturated carbocycles. The zero-order valence-corrected chi connectivity index (χ0v) is 12.1. The monoisotopic (exact) mass is 293 g/mol. The van der Waals surface area contributed by atoms with Crippen LogP contribution in [0.3, 0.4) is 0 Å². The van der Waals surface area contributed by atoms with Gasteiger partial charge in [0.2, 0.25) is 0 Å². The smallest absolute Gasteiger partial charge is 0.326 e. The number of β-amino-alcohol motifs (C(OH)–C–C–N with tert-alkyl or cyclic N) is 1. The molecular weight excluding hydrogens is 274 g/mol. The number of aliphatic hydroxyl groups excluding tert-OH is 1. The number of nitrogens with zero attached hydrogens (tertiary/aromatic N) is 1. The van der Waals surface area contributed by atoms with Crippen LogP contribution >= 0.6 is 0 Å². The van der Waals surface area contributed by atoms with Crippen LogP contribution in [0.15, 0.2) is 18.2 Å².